The molecule has 1 aromatic heterocycles. The lowest BCUT2D eigenvalue weighted by Crippen LogP contribution is -2.47. The van der Waals surface area contributed by atoms with E-state index in [9.17, 15) is 14.4 Å². The summed E-state index contributed by atoms with van der Waals surface area (Å²) in [5.41, 5.74) is 1.38. The highest BCUT2D eigenvalue weighted by molar-refractivity contribution is 7.13. The maximum Gasteiger partial charge on any atom is 0.311 e. The number of thiazole rings is 1. The van der Waals surface area contributed by atoms with Crippen LogP contribution in [0, 0.1) is 5.92 Å². The van der Waals surface area contributed by atoms with Crippen LogP contribution in [0.3, 0.4) is 0 Å². The minimum atomic E-state index is -0.451. The number of para-hydroxylation sites is 1. The summed E-state index contributed by atoms with van der Waals surface area (Å²) in [6.07, 6.45) is 2.63. The number of methoxy groups -OCH3 is 1. The van der Waals surface area contributed by atoms with Gasteiger partial charge < -0.3 is 19.7 Å². The number of likely N-dealkylation sites (tertiary alicyclic amines) is 1. The molecular weight excluding hydrogens is 442 g/mol. The van der Waals surface area contributed by atoms with E-state index in [1.165, 1.54) is 11.3 Å². The van der Waals surface area contributed by atoms with E-state index >= 15 is 0 Å². The molecular formula is C24H31N3O5S. The van der Waals surface area contributed by atoms with Crippen molar-refractivity contribution in [3.8, 4) is 5.75 Å². The van der Waals surface area contributed by atoms with Crippen LogP contribution in [0.1, 0.15) is 56.8 Å². The SMILES string of the molecule is CCCCN1C(=O)CCC(C(=O)Nc2nc(CC(=O)OCC)cs2)C1c1ccccc1OC. The molecule has 2 unspecified atom stereocenters. The van der Waals surface area contributed by atoms with E-state index in [1.54, 1.807) is 19.4 Å². The molecule has 9 heteroatoms. The first kappa shape index (κ1) is 24.7. The third-order valence-electron chi connectivity index (χ3n) is 5.67. The maximum atomic E-state index is 13.4. The summed E-state index contributed by atoms with van der Waals surface area (Å²) in [5.74, 6) is -0.295. The van der Waals surface area contributed by atoms with Gasteiger partial charge in [-0.1, -0.05) is 31.5 Å². The van der Waals surface area contributed by atoms with Crippen LogP contribution in [0.15, 0.2) is 29.6 Å². The average molecular weight is 474 g/mol. The van der Waals surface area contributed by atoms with Crippen molar-refractivity contribution in [3.63, 3.8) is 0 Å². The van der Waals surface area contributed by atoms with Gasteiger partial charge in [-0.05, 0) is 25.8 Å². The largest absolute Gasteiger partial charge is 0.496 e. The number of piperidine rings is 1. The summed E-state index contributed by atoms with van der Waals surface area (Å²) in [6.45, 7) is 4.73. The fourth-order valence-corrected chi connectivity index (χ4v) is 4.83. The molecule has 0 aliphatic carbocycles. The van der Waals surface area contributed by atoms with Gasteiger partial charge in [-0.2, -0.15) is 0 Å². The third kappa shape index (κ3) is 6.10. The van der Waals surface area contributed by atoms with Crippen LogP contribution in [-0.4, -0.2) is 47.9 Å². The number of rotatable bonds is 10. The molecule has 0 radical (unpaired) electrons. The molecule has 0 saturated carbocycles. The Bertz CT molecular complexity index is 977. The van der Waals surface area contributed by atoms with Crippen molar-refractivity contribution >= 4 is 34.3 Å². The van der Waals surface area contributed by atoms with Gasteiger partial charge in [0, 0.05) is 23.9 Å². The zero-order chi connectivity index (χ0) is 23.8. The number of ether oxygens (including phenoxy) is 2. The van der Waals surface area contributed by atoms with Crippen LogP contribution < -0.4 is 10.1 Å². The Kier molecular flexibility index (Phi) is 8.82. The lowest BCUT2D eigenvalue weighted by atomic mass is 9.83. The molecule has 33 heavy (non-hydrogen) atoms. The predicted octanol–water partition coefficient (Wildman–Crippen LogP) is 3.98. The van der Waals surface area contributed by atoms with E-state index in [0.29, 0.717) is 42.6 Å². The number of anilines is 1. The van der Waals surface area contributed by atoms with Gasteiger partial charge in [0.2, 0.25) is 11.8 Å². The molecule has 1 N–H and O–H groups in total. The second-order valence-electron chi connectivity index (χ2n) is 7.89. The highest BCUT2D eigenvalue weighted by Crippen LogP contribution is 2.41. The van der Waals surface area contributed by atoms with E-state index in [0.717, 1.165) is 18.4 Å². The molecule has 1 aromatic carbocycles. The summed E-state index contributed by atoms with van der Waals surface area (Å²) in [5, 5.41) is 5.07. The Morgan fingerprint density at radius 3 is 2.79 bits per heavy atom. The molecule has 2 heterocycles. The zero-order valence-electron chi connectivity index (χ0n) is 19.3. The molecule has 2 aromatic rings. The molecule has 1 saturated heterocycles. The van der Waals surface area contributed by atoms with E-state index < -0.39 is 12.0 Å². The lowest BCUT2D eigenvalue weighted by molar-refractivity contribution is -0.143. The Morgan fingerprint density at radius 2 is 2.06 bits per heavy atom. The van der Waals surface area contributed by atoms with E-state index in [1.807, 2.05) is 29.2 Å². The molecule has 1 aliphatic rings. The van der Waals surface area contributed by atoms with Crippen LogP contribution >= 0.6 is 11.3 Å². The second kappa shape index (κ2) is 11.8. The van der Waals surface area contributed by atoms with Gasteiger partial charge in [0.1, 0.15) is 5.75 Å². The fraction of sp³-hybridized carbons (Fsp3) is 0.500. The number of carbonyl (C=O) groups is 3. The van der Waals surface area contributed by atoms with Crippen molar-refractivity contribution < 1.29 is 23.9 Å². The van der Waals surface area contributed by atoms with Crippen LogP contribution in [0.5, 0.6) is 5.75 Å². The smallest absolute Gasteiger partial charge is 0.311 e. The zero-order valence-corrected chi connectivity index (χ0v) is 20.2. The molecule has 3 rings (SSSR count). The van der Waals surface area contributed by atoms with Gasteiger partial charge >= 0.3 is 5.97 Å². The first-order chi connectivity index (χ1) is 16.0. The van der Waals surface area contributed by atoms with Crippen LogP contribution in [0.4, 0.5) is 5.13 Å². The standard InChI is InChI=1S/C24H31N3O5S/c1-4-6-13-27-20(28)12-11-18(22(27)17-9-7-8-10-19(17)31-3)23(30)26-24-25-16(15-33-24)14-21(29)32-5-2/h7-10,15,18,22H,4-6,11-14H2,1-3H3,(H,25,26,30). The molecule has 8 nitrogen and oxygen atoms in total. The van der Waals surface area contributed by atoms with Gasteiger partial charge in [0.25, 0.3) is 0 Å². The summed E-state index contributed by atoms with van der Waals surface area (Å²) < 4.78 is 10.5. The molecule has 178 valence electrons. The molecule has 2 atom stereocenters. The van der Waals surface area contributed by atoms with Gasteiger partial charge in [0.15, 0.2) is 5.13 Å². The van der Waals surface area contributed by atoms with Crippen molar-refractivity contribution in [2.45, 2.75) is 52.0 Å². The number of esters is 1. The summed E-state index contributed by atoms with van der Waals surface area (Å²) in [4.78, 5) is 44.2. The maximum absolute atomic E-state index is 13.4. The normalized spacial score (nSPS) is 18.2. The number of hydrogen-bond acceptors (Lipinski definition) is 7. The molecule has 2 amide bonds. The van der Waals surface area contributed by atoms with Gasteiger partial charge in [-0.15, -0.1) is 11.3 Å². The van der Waals surface area contributed by atoms with Crippen molar-refractivity contribution in [2.75, 3.05) is 25.6 Å². The summed E-state index contributed by atoms with van der Waals surface area (Å²) in [7, 11) is 1.59. The van der Waals surface area contributed by atoms with Gasteiger partial charge in [0.05, 0.1) is 37.8 Å². The number of amides is 2. The molecule has 0 bridgehead atoms. The van der Waals surface area contributed by atoms with Gasteiger partial charge in [-0.25, -0.2) is 4.98 Å². The monoisotopic (exact) mass is 473 g/mol. The highest BCUT2D eigenvalue weighted by Gasteiger charge is 2.41. The van der Waals surface area contributed by atoms with Crippen molar-refractivity contribution in [1.82, 2.24) is 9.88 Å². The van der Waals surface area contributed by atoms with Crippen molar-refractivity contribution in [2.24, 2.45) is 5.92 Å². The minimum Gasteiger partial charge on any atom is -0.496 e. The van der Waals surface area contributed by atoms with E-state index in [2.05, 4.69) is 17.2 Å². The Balaban J connectivity index is 1.84. The minimum absolute atomic E-state index is 0.0503. The summed E-state index contributed by atoms with van der Waals surface area (Å²) in [6, 6.07) is 7.12. The number of nitrogens with zero attached hydrogens (tertiary/aromatic N) is 2. The lowest BCUT2D eigenvalue weighted by Gasteiger charge is -2.41. The Morgan fingerprint density at radius 1 is 1.27 bits per heavy atom. The molecule has 1 aliphatic heterocycles. The summed E-state index contributed by atoms with van der Waals surface area (Å²) >= 11 is 1.27. The third-order valence-corrected chi connectivity index (χ3v) is 6.47. The second-order valence-corrected chi connectivity index (χ2v) is 8.75. The fourth-order valence-electron chi connectivity index (χ4n) is 4.12. The van der Waals surface area contributed by atoms with Crippen molar-refractivity contribution in [1.29, 1.82) is 0 Å². The van der Waals surface area contributed by atoms with Crippen molar-refractivity contribution in [3.05, 3.63) is 40.9 Å². The first-order valence-electron chi connectivity index (χ1n) is 11.3. The quantitative estimate of drug-likeness (QED) is 0.524. The average Bonchev–Trinajstić information content (AvgIpc) is 3.24. The van der Waals surface area contributed by atoms with Crippen LogP contribution in [-0.2, 0) is 25.5 Å². The Hall–Kier alpha value is -2.94. The Labute approximate surface area is 198 Å². The van der Waals surface area contributed by atoms with Crippen LogP contribution in [0.2, 0.25) is 0 Å². The van der Waals surface area contributed by atoms with Gasteiger partial charge in [-0.3, -0.25) is 14.4 Å². The first-order valence-corrected chi connectivity index (χ1v) is 12.2. The van der Waals surface area contributed by atoms with Crippen LogP contribution in [0.25, 0.3) is 0 Å². The number of nitrogens with one attached hydrogen (secondary N) is 1. The predicted molar refractivity (Wildman–Crippen MR) is 126 cm³/mol. The number of aromatic nitrogens is 1. The number of carbonyl (C=O) groups excluding carboxylic acids is 3. The van der Waals surface area contributed by atoms with E-state index in [-0.39, 0.29) is 24.2 Å². The highest BCUT2D eigenvalue weighted by atomic mass is 32.1. The number of hydrogen-bond donors (Lipinski definition) is 1. The number of unbranched alkanes of at least 4 members (excludes halogenated alkanes) is 1. The topological polar surface area (TPSA) is 97.8 Å². The van der Waals surface area contributed by atoms with E-state index in [4.69, 9.17) is 9.47 Å². The molecule has 0 spiro atoms. The molecule has 1 fully saturated rings. The number of benzene rings is 1.